The lowest BCUT2D eigenvalue weighted by molar-refractivity contribution is -1.04. The third-order valence-corrected chi connectivity index (χ3v) is 1.10. The number of nitrogens with zero attached hydrogens (tertiary/aromatic N) is 1. The van der Waals surface area contributed by atoms with Crippen molar-refractivity contribution in [1.82, 2.24) is 9.23 Å². The molecule has 0 aromatic heterocycles. The average Bonchev–Trinajstić information content (AvgIpc) is 1.68. The van der Waals surface area contributed by atoms with Crippen LogP contribution < -0.4 is 20.9 Å². The van der Waals surface area contributed by atoms with Gasteiger partial charge in [0.05, 0.1) is 22.9 Å². The lowest BCUT2D eigenvalue weighted by Gasteiger charge is -2.17. The van der Waals surface area contributed by atoms with Gasteiger partial charge >= 0.3 is 0 Å². The van der Waals surface area contributed by atoms with Gasteiger partial charge in [0.15, 0.2) is 0 Å². The molecule has 0 aromatic carbocycles. The summed E-state index contributed by atoms with van der Waals surface area (Å²) in [5.74, 6) is 9.90. The molecule has 0 spiro atoms. The maximum Gasteiger partial charge on any atom is 0.0863 e. The van der Waals surface area contributed by atoms with Crippen LogP contribution in [0.2, 0.25) is 0 Å². The van der Waals surface area contributed by atoms with Gasteiger partial charge in [0.1, 0.15) is 0 Å². The van der Waals surface area contributed by atoms with E-state index in [4.69, 9.17) is 16.9 Å². The Labute approximate surface area is 54.4 Å². The highest BCUT2D eigenvalue weighted by Crippen LogP contribution is 1.72. The summed E-state index contributed by atoms with van der Waals surface area (Å²) in [6.07, 6.45) is 0. The summed E-state index contributed by atoms with van der Waals surface area (Å²) in [5.41, 5.74) is 1.57. The Balaban J connectivity index is 3.36. The molecule has 0 amide bonds. The summed E-state index contributed by atoms with van der Waals surface area (Å²) < 4.78 is 2.29. The van der Waals surface area contributed by atoms with Gasteiger partial charge in [0, 0.05) is 10.5 Å². The molecule has 0 aliphatic heterocycles. The molecule has 0 heterocycles. The molecule has 0 bridgehead atoms. The number of nitrogens with one attached hydrogen (secondary N) is 2. The van der Waals surface area contributed by atoms with Crippen LogP contribution in [-0.2, 0) is 0 Å². The third-order valence-electron chi connectivity index (χ3n) is 0.305. The largest absolute Gasteiger partial charge is 0.267 e. The maximum absolute atomic E-state index is 8.00. The SMILES string of the molecule is N[N+](N)(NO)NI. The minimum Gasteiger partial charge on any atom is -0.267 e. The number of hydrogen-bond donors (Lipinski definition) is 5. The lowest BCUT2D eigenvalue weighted by atomic mass is 12.0. The van der Waals surface area contributed by atoms with E-state index in [-0.39, 0.29) is 0 Å². The fourth-order valence-corrected chi connectivity index (χ4v) is 0.127. The fraction of sp³-hybridized carbons (Fsp3) is 0. The van der Waals surface area contributed by atoms with E-state index in [2.05, 4.69) is 3.64 Å². The van der Waals surface area contributed by atoms with Crippen LogP contribution in [0.4, 0.5) is 0 Å². The summed E-state index contributed by atoms with van der Waals surface area (Å²) in [7, 11) is 0. The van der Waals surface area contributed by atoms with E-state index in [0.29, 0.717) is 0 Å². The molecule has 0 unspecified atom stereocenters. The van der Waals surface area contributed by atoms with Crippen molar-refractivity contribution in [3.8, 4) is 0 Å². The van der Waals surface area contributed by atoms with E-state index >= 15 is 0 Å². The van der Waals surface area contributed by atoms with Crippen molar-refractivity contribution in [3.63, 3.8) is 0 Å². The molecule has 6 nitrogen and oxygen atoms in total. The molecule has 0 aromatic rings. The van der Waals surface area contributed by atoms with Gasteiger partial charge in [-0.15, -0.1) is 11.7 Å². The molecular weight excluding hydrogens is 213 g/mol. The molecule has 0 atom stereocenters. The molecule has 0 fully saturated rings. The third kappa shape index (κ3) is 3.11. The number of halogens is 1. The van der Waals surface area contributed by atoms with Crippen LogP contribution in [-0.4, -0.2) is 10.1 Å². The maximum atomic E-state index is 8.00. The normalized spacial score (nSPS) is 12.0. The predicted molar refractivity (Wildman–Crippen MR) is 30.7 cm³/mol. The van der Waals surface area contributed by atoms with E-state index in [1.165, 1.54) is 0 Å². The second-order valence-electron chi connectivity index (χ2n) is 0.962. The zero-order chi connectivity index (χ0) is 5.91. The molecule has 7 heavy (non-hydrogen) atoms. The first kappa shape index (κ1) is 7.49. The molecule has 0 rings (SSSR count). The summed E-state index contributed by atoms with van der Waals surface area (Å²) in [4.78, 5) is -0.819. The van der Waals surface area contributed by atoms with E-state index < -0.39 is 4.92 Å². The van der Waals surface area contributed by atoms with Crippen LogP contribution in [0.1, 0.15) is 0 Å². The van der Waals surface area contributed by atoms with Gasteiger partial charge < -0.3 is 0 Å². The van der Waals surface area contributed by atoms with Gasteiger partial charge in [-0.2, -0.15) is 0 Å². The molecule has 0 saturated heterocycles. The Morgan fingerprint density at radius 2 is 2.00 bits per heavy atom. The van der Waals surface area contributed by atoms with Crippen LogP contribution in [0.15, 0.2) is 0 Å². The minimum absolute atomic E-state index is 0.819. The fourth-order valence-electron chi connectivity index (χ4n) is 0.0189. The zero-order valence-corrected chi connectivity index (χ0v) is 5.58. The number of rotatable bonds is 2. The van der Waals surface area contributed by atoms with Crippen LogP contribution in [0.25, 0.3) is 0 Å². The van der Waals surface area contributed by atoms with Crippen molar-refractivity contribution in [2.24, 2.45) is 11.7 Å². The Morgan fingerprint density at radius 1 is 1.57 bits per heavy atom. The molecule has 7 N–H and O–H groups in total. The van der Waals surface area contributed by atoms with Gasteiger partial charge in [-0.3, -0.25) is 5.21 Å². The van der Waals surface area contributed by atoms with Crippen molar-refractivity contribution >= 4 is 22.9 Å². The van der Waals surface area contributed by atoms with Crippen LogP contribution in [0.3, 0.4) is 0 Å². The molecular formula is H7IN5O+. The van der Waals surface area contributed by atoms with E-state index in [0.717, 1.165) is 0 Å². The number of hydrogen-bond acceptors (Lipinski definition) is 5. The average molecular weight is 220 g/mol. The van der Waals surface area contributed by atoms with Crippen molar-refractivity contribution in [3.05, 3.63) is 0 Å². The summed E-state index contributed by atoms with van der Waals surface area (Å²) in [5, 5.41) is 8.00. The number of nitrogens with two attached hydrogens (primary N) is 2. The van der Waals surface area contributed by atoms with Gasteiger partial charge in [0.25, 0.3) is 0 Å². The Hall–Kier alpha value is 0.490. The second kappa shape index (κ2) is 2.71. The standard InChI is InChI=1S/H7IN5O/c1-4-6(2,3)5-7/h4-5,7H,2-3H2/q+1. The van der Waals surface area contributed by atoms with Crippen LogP contribution >= 0.6 is 22.9 Å². The van der Waals surface area contributed by atoms with Gasteiger partial charge in [-0.1, -0.05) is 0 Å². The molecule has 44 valence electrons. The first-order chi connectivity index (χ1) is 3.12. The first-order valence-corrected chi connectivity index (χ1v) is 2.45. The molecule has 0 radical (unpaired) electrons. The van der Waals surface area contributed by atoms with Crippen molar-refractivity contribution in [2.45, 2.75) is 0 Å². The summed E-state index contributed by atoms with van der Waals surface area (Å²) in [6.45, 7) is 0. The topological polar surface area (TPSA) is 96.3 Å². The second-order valence-corrected chi connectivity index (χ2v) is 1.44. The lowest BCUT2D eigenvalue weighted by Crippen LogP contribution is -2.72. The Kier molecular flexibility index (Phi) is 2.90. The quantitative estimate of drug-likeness (QED) is 0.126. The van der Waals surface area contributed by atoms with Crippen molar-refractivity contribution in [2.75, 3.05) is 0 Å². The van der Waals surface area contributed by atoms with E-state index in [1.54, 1.807) is 28.5 Å². The Morgan fingerprint density at radius 3 is 2.00 bits per heavy atom. The smallest absolute Gasteiger partial charge is 0.0863 e. The highest BCUT2D eigenvalue weighted by atomic mass is 127. The van der Waals surface area contributed by atoms with E-state index in [9.17, 15) is 0 Å². The minimum atomic E-state index is -0.819. The van der Waals surface area contributed by atoms with Crippen molar-refractivity contribution in [1.29, 1.82) is 0 Å². The highest BCUT2D eigenvalue weighted by Gasteiger charge is 2.11. The number of quaternary nitrogens is 1. The molecule has 0 aliphatic carbocycles. The van der Waals surface area contributed by atoms with Crippen LogP contribution in [0, 0.1) is 0 Å². The molecule has 0 saturated carbocycles. The Bertz CT molecular complexity index is 46.0. The summed E-state index contributed by atoms with van der Waals surface area (Å²) >= 11 is 1.68. The molecule has 7 heteroatoms. The first-order valence-electron chi connectivity index (χ1n) is 1.38. The van der Waals surface area contributed by atoms with Gasteiger partial charge in [-0.05, 0) is 3.64 Å². The van der Waals surface area contributed by atoms with E-state index in [1.807, 2.05) is 0 Å². The zero-order valence-electron chi connectivity index (χ0n) is 3.43. The van der Waals surface area contributed by atoms with Crippen molar-refractivity contribution < 1.29 is 10.1 Å². The summed E-state index contributed by atoms with van der Waals surface area (Å²) in [6, 6.07) is 0. The highest BCUT2D eigenvalue weighted by molar-refractivity contribution is 14.1. The van der Waals surface area contributed by atoms with Gasteiger partial charge in [0.2, 0.25) is 0 Å². The monoisotopic (exact) mass is 220 g/mol. The van der Waals surface area contributed by atoms with Crippen LogP contribution in [0.5, 0.6) is 0 Å². The van der Waals surface area contributed by atoms with Gasteiger partial charge in [-0.25, -0.2) is 0 Å². The predicted octanol–water partition coefficient (Wildman–Crippen LogP) is -1.70. The molecule has 0 aliphatic rings.